The van der Waals surface area contributed by atoms with Crippen LogP contribution in [0.2, 0.25) is 0 Å². The molecular weight excluding hydrogens is 252 g/mol. The van der Waals surface area contributed by atoms with Gasteiger partial charge in [0.05, 0.1) is 0 Å². The predicted octanol–water partition coefficient (Wildman–Crippen LogP) is 2.56. The molecule has 0 aromatic heterocycles. The summed E-state index contributed by atoms with van der Waals surface area (Å²) < 4.78 is 0. The molecule has 1 rings (SSSR count). The van der Waals surface area contributed by atoms with E-state index in [0.717, 1.165) is 29.5 Å². The fraction of sp³-hybridized carbons (Fsp3) is 0.562. The maximum Gasteiger partial charge on any atom is 0.234 e. The number of carbonyl (C=O) groups is 1. The molecule has 1 amide bonds. The Morgan fingerprint density at radius 3 is 2.50 bits per heavy atom. The van der Waals surface area contributed by atoms with Crippen molar-refractivity contribution in [1.29, 1.82) is 0 Å². The number of hydrazine groups is 1. The van der Waals surface area contributed by atoms with Gasteiger partial charge >= 0.3 is 0 Å². The highest BCUT2D eigenvalue weighted by Crippen LogP contribution is 2.37. The Hall–Kier alpha value is -1.55. The third-order valence-corrected chi connectivity index (χ3v) is 4.04. The number of amides is 1. The van der Waals surface area contributed by atoms with Gasteiger partial charge in [-0.05, 0) is 35.8 Å². The molecule has 0 aliphatic carbocycles. The Balaban J connectivity index is 3.15. The Kier molecular flexibility index (Phi) is 5.57. The Bertz CT molecular complexity index is 482. The summed E-state index contributed by atoms with van der Waals surface area (Å²) in [5.41, 5.74) is 5.03. The van der Waals surface area contributed by atoms with Crippen molar-refractivity contribution < 1.29 is 9.90 Å². The highest BCUT2D eigenvalue weighted by atomic mass is 16.3. The Labute approximate surface area is 121 Å². The minimum atomic E-state index is -0.174. The zero-order valence-corrected chi connectivity index (χ0v) is 12.9. The lowest BCUT2D eigenvalue weighted by molar-refractivity contribution is -0.121. The SMILES string of the molecule is CCc1cc(CCC(=O)NN)cc(C(C)(C)CC)c1O. The van der Waals surface area contributed by atoms with Crippen molar-refractivity contribution in [3.05, 3.63) is 28.8 Å². The number of aromatic hydroxyl groups is 1. The molecule has 0 atom stereocenters. The molecule has 1 aromatic rings. The van der Waals surface area contributed by atoms with Gasteiger partial charge in [-0.2, -0.15) is 0 Å². The third kappa shape index (κ3) is 3.73. The monoisotopic (exact) mass is 278 g/mol. The molecule has 4 nitrogen and oxygen atoms in total. The maximum absolute atomic E-state index is 11.3. The van der Waals surface area contributed by atoms with Gasteiger partial charge in [0.15, 0.2) is 0 Å². The largest absolute Gasteiger partial charge is 0.507 e. The lowest BCUT2D eigenvalue weighted by Gasteiger charge is -2.26. The normalized spacial score (nSPS) is 11.4. The van der Waals surface area contributed by atoms with Crippen molar-refractivity contribution in [1.82, 2.24) is 5.43 Å². The number of hydrogen-bond acceptors (Lipinski definition) is 3. The van der Waals surface area contributed by atoms with Gasteiger partial charge in [0.25, 0.3) is 0 Å². The number of phenolic OH excluding ortho intramolecular Hbond substituents is 1. The molecule has 0 saturated heterocycles. The Morgan fingerprint density at radius 1 is 1.35 bits per heavy atom. The van der Waals surface area contributed by atoms with Crippen molar-refractivity contribution >= 4 is 5.91 Å². The van der Waals surface area contributed by atoms with E-state index in [1.807, 2.05) is 19.1 Å². The minimum absolute atomic E-state index is 0.0832. The molecule has 1 aromatic carbocycles. The summed E-state index contributed by atoms with van der Waals surface area (Å²) in [4.78, 5) is 11.3. The van der Waals surface area contributed by atoms with E-state index in [1.165, 1.54) is 0 Å². The van der Waals surface area contributed by atoms with Gasteiger partial charge < -0.3 is 5.11 Å². The molecule has 0 aliphatic rings. The second kappa shape index (κ2) is 6.75. The van der Waals surface area contributed by atoms with Crippen LogP contribution in [0.25, 0.3) is 0 Å². The second-order valence-electron chi connectivity index (χ2n) is 5.81. The molecule has 0 bridgehead atoms. The van der Waals surface area contributed by atoms with Gasteiger partial charge in [0.2, 0.25) is 5.91 Å². The van der Waals surface area contributed by atoms with Crippen molar-refractivity contribution in [3.63, 3.8) is 0 Å². The average molecular weight is 278 g/mol. The highest BCUT2D eigenvalue weighted by Gasteiger charge is 2.24. The third-order valence-electron chi connectivity index (χ3n) is 4.04. The summed E-state index contributed by atoms with van der Waals surface area (Å²) in [6.45, 7) is 8.38. The van der Waals surface area contributed by atoms with E-state index in [-0.39, 0.29) is 11.3 Å². The first-order chi connectivity index (χ1) is 9.35. The summed E-state index contributed by atoms with van der Waals surface area (Å²) in [7, 11) is 0. The lowest BCUT2D eigenvalue weighted by atomic mass is 9.79. The summed E-state index contributed by atoms with van der Waals surface area (Å²) >= 11 is 0. The van der Waals surface area contributed by atoms with Gasteiger partial charge in [0, 0.05) is 12.0 Å². The van der Waals surface area contributed by atoms with Crippen LogP contribution in [0.4, 0.5) is 0 Å². The summed E-state index contributed by atoms with van der Waals surface area (Å²) in [5.74, 6) is 5.32. The molecule has 4 heteroatoms. The number of benzene rings is 1. The number of carbonyl (C=O) groups excluding carboxylic acids is 1. The fourth-order valence-corrected chi connectivity index (χ4v) is 2.21. The summed E-state index contributed by atoms with van der Waals surface area (Å²) in [6, 6.07) is 4.00. The molecule has 0 radical (unpaired) electrons. The summed E-state index contributed by atoms with van der Waals surface area (Å²) in [5, 5.41) is 10.4. The topological polar surface area (TPSA) is 75.4 Å². The van der Waals surface area contributed by atoms with Crippen LogP contribution in [0.5, 0.6) is 5.75 Å². The summed E-state index contributed by atoms with van der Waals surface area (Å²) in [6.07, 6.45) is 2.70. The van der Waals surface area contributed by atoms with Crippen molar-refractivity contribution in [2.75, 3.05) is 0 Å². The van der Waals surface area contributed by atoms with Gasteiger partial charge in [-0.1, -0.05) is 39.8 Å². The van der Waals surface area contributed by atoms with E-state index >= 15 is 0 Å². The Morgan fingerprint density at radius 2 is 2.00 bits per heavy atom. The first kappa shape index (κ1) is 16.5. The second-order valence-corrected chi connectivity index (χ2v) is 5.81. The van der Waals surface area contributed by atoms with Crippen LogP contribution in [-0.4, -0.2) is 11.0 Å². The number of nitrogens with two attached hydrogens (primary N) is 1. The van der Waals surface area contributed by atoms with E-state index < -0.39 is 0 Å². The fourth-order valence-electron chi connectivity index (χ4n) is 2.21. The van der Waals surface area contributed by atoms with E-state index in [9.17, 15) is 9.90 Å². The molecule has 0 unspecified atom stereocenters. The van der Waals surface area contributed by atoms with Crippen LogP contribution in [-0.2, 0) is 23.1 Å². The smallest absolute Gasteiger partial charge is 0.234 e. The van der Waals surface area contributed by atoms with Crippen LogP contribution < -0.4 is 11.3 Å². The van der Waals surface area contributed by atoms with Gasteiger partial charge in [-0.3, -0.25) is 10.2 Å². The predicted molar refractivity (Wildman–Crippen MR) is 81.5 cm³/mol. The average Bonchev–Trinajstić information content (AvgIpc) is 2.45. The highest BCUT2D eigenvalue weighted by molar-refractivity contribution is 5.75. The van der Waals surface area contributed by atoms with E-state index in [0.29, 0.717) is 18.6 Å². The molecule has 0 aliphatic heterocycles. The molecule has 0 heterocycles. The quantitative estimate of drug-likeness (QED) is 0.425. The van der Waals surface area contributed by atoms with Crippen molar-refractivity contribution in [3.8, 4) is 5.75 Å². The van der Waals surface area contributed by atoms with Crippen LogP contribution in [0, 0.1) is 0 Å². The molecule has 0 saturated carbocycles. The van der Waals surface area contributed by atoms with E-state index in [2.05, 4.69) is 26.2 Å². The zero-order chi connectivity index (χ0) is 15.3. The van der Waals surface area contributed by atoms with E-state index in [4.69, 9.17) is 5.84 Å². The maximum atomic E-state index is 11.3. The van der Waals surface area contributed by atoms with Crippen LogP contribution in [0.1, 0.15) is 57.2 Å². The molecular formula is C16H26N2O2. The molecule has 0 fully saturated rings. The van der Waals surface area contributed by atoms with E-state index in [1.54, 1.807) is 0 Å². The number of rotatable bonds is 6. The number of aryl methyl sites for hydroxylation is 2. The molecule has 112 valence electrons. The number of hydrogen-bond donors (Lipinski definition) is 3. The lowest BCUT2D eigenvalue weighted by Crippen LogP contribution is -2.30. The van der Waals surface area contributed by atoms with Crippen molar-refractivity contribution in [2.45, 2.75) is 58.8 Å². The number of phenols is 1. The van der Waals surface area contributed by atoms with Crippen LogP contribution >= 0.6 is 0 Å². The van der Waals surface area contributed by atoms with Gasteiger partial charge in [0.1, 0.15) is 5.75 Å². The zero-order valence-electron chi connectivity index (χ0n) is 12.9. The van der Waals surface area contributed by atoms with Gasteiger partial charge in [-0.15, -0.1) is 0 Å². The van der Waals surface area contributed by atoms with Gasteiger partial charge in [-0.25, -0.2) is 5.84 Å². The molecule has 0 spiro atoms. The minimum Gasteiger partial charge on any atom is -0.507 e. The number of nitrogens with one attached hydrogen (secondary N) is 1. The standard InChI is InChI=1S/C16H26N2O2/c1-5-12-9-11(7-8-14(19)18-17)10-13(15(12)20)16(3,4)6-2/h9-10,20H,5-8,17H2,1-4H3,(H,18,19). The van der Waals surface area contributed by atoms with Crippen LogP contribution in [0.3, 0.4) is 0 Å². The van der Waals surface area contributed by atoms with Crippen molar-refractivity contribution in [2.24, 2.45) is 5.84 Å². The molecule has 4 N–H and O–H groups in total. The van der Waals surface area contributed by atoms with Crippen LogP contribution in [0.15, 0.2) is 12.1 Å². The molecule has 20 heavy (non-hydrogen) atoms. The first-order valence-electron chi connectivity index (χ1n) is 7.20. The first-order valence-corrected chi connectivity index (χ1v) is 7.20.